The van der Waals surface area contributed by atoms with E-state index in [0.29, 0.717) is 31.4 Å². The molecular weight excluding hydrogens is 392 g/mol. The van der Waals surface area contributed by atoms with Crippen molar-refractivity contribution in [1.82, 2.24) is 19.7 Å². The fraction of sp³-hybridized carbons (Fsp3) is 0.435. The largest absolute Gasteiger partial charge is 0.383 e. The van der Waals surface area contributed by atoms with Crippen LogP contribution in [-0.2, 0) is 16.6 Å². The number of likely N-dealkylation sites (tertiary alicyclic amines) is 1. The van der Waals surface area contributed by atoms with Gasteiger partial charge in [-0.3, -0.25) is 14.4 Å². The summed E-state index contributed by atoms with van der Waals surface area (Å²) in [4.78, 5) is 19.7. The average molecular weight is 423 g/mol. The van der Waals surface area contributed by atoms with Crippen molar-refractivity contribution in [1.29, 1.82) is 0 Å². The molecule has 2 N–H and O–H groups in total. The normalized spacial score (nSPS) is 17.0. The number of rotatable bonds is 8. The summed E-state index contributed by atoms with van der Waals surface area (Å²) in [5, 5.41) is 12.8. The lowest BCUT2D eigenvalue weighted by Crippen LogP contribution is -2.40. The molecule has 8 nitrogen and oxygen atoms in total. The van der Waals surface area contributed by atoms with Crippen molar-refractivity contribution in [3.05, 3.63) is 48.3 Å². The van der Waals surface area contributed by atoms with Crippen molar-refractivity contribution < 1.29 is 9.53 Å². The van der Waals surface area contributed by atoms with E-state index >= 15 is 0 Å². The lowest BCUT2D eigenvalue weighted by Gasteiger charge is -2.32. The van der Waals surface area contributed by atoms with Crippen LogP contribution in [0.2, 0.25) is 0 Å². The average Bonchev–Trinajstić information content (AvgIpc) is 3.18. The minimum absolute atomic E-state index is 0.0345. The first kappa shape index (κ1) is 21.3. The molecule has 0 saturated carbocycles. The van der Waals surface area contributed by atoms with E-state index in [2.05, 4.69) is 44.9 Å². The molecule has 164 valence electrons. The number of carbonyl (C=O) groups excluding carboxylic acids is 1. The van der Waals surface area contributed by atoms with Crippen LogP contribution in [0.25, 0.3) is 10.8 Å². The quantitative estimate of drug-likeness (QED) is 0.543. The van der Waals surface area contributed by atoms with Crippen molar-refractivity contribution in [3.8, 4) is 0 Å². The molecule has 1 aliphatic rings. The second-order valence-corrected chi connectivity index (χ2v) is 8.03. The SMILES string of the molecule is COCCNc1nc(C2CCCN(CC(=O)Nc3ccn(C)n3)C2)cc2ccccc12. The molecule has 3 aromatic rings. The zero-order valence-corrected chi connectivity index (χ0v) is 18.2. The predicted octanol–water partition coefficient (Wildman–Crippen LogP) is 2.84. The van der Waals surface area contributed by atoms with Crippen molar-refractivity contribution in [2.45, 2.75) is 18.8 Å². The number of nitrogens with one attached hydrogen (secondary N) is 2. The molecule has 31 heavy (non-hydrogen) atoms. The number of carbonyl (C=O) groups is 1. The predicted molar refractivity (Wildman–Crippen MR) is 122 cm³/mol. The highest BCUT2D eigenvalue weighted by Gasteiger charge is 2.25. The smallest absolute Gasteiger partial charge is 0.239 e. The molecule has 1 aromatic carbocycles. The second-order valence-electron chi connectivity index (χ2n) is 8.03. The van der Waals surface area contributed by atoms with Gasteiger partial charge in [0, 0.05) is 56.5 Å². The van der Waals surface area contributed by atoms with Gasteiger partial charge in [0.1, 0.15) is 5.82 Å². The van der Waals surface area contributed by atoms with Gasteiger partial charge in [-0.1, -0.05) is 24.3 Å². The number of amides is 1. The molecule has 1 atom stereocenters. The molecule has 1 fully saturated rings. The standard InChI is InChI=1S/C23H30N6O2/c1-28-12-9-21(27-28)26-22(30)16-29-11-5-7-18(15-29)20-14-17-6-3-4-8-19(17)23(25-20)24-10-13-31-2/h3-4,6,8-9,12,14,18H,5,7,10-11,13,15-16H2,1-2H3,(H,24,25)(H,26,27,30). The molecule has 4 rings (SSSR count). The van der Waals surface area contributed by atoms with E-state index in [9.17, 15) is 4.79 Å². The molecule has 1 unspecified atom stereocenters. The molecule has 0 bridgehead atoms. The zero-order chi connectivity index (χ0) is 21.6. The van der Waals surface area contributed by atoms with Gasteiger partial charge in [0.2, 0.25) is 5.91 Å². The summed E-state index contributed by atoms with van der Waals surface area (Å²) in [5.74, 6) is 1.75. The Morgan fingerprint density at radius 3 is 2.97 bits per heavy atom. The van der Waals surface area contributed by atoms with Crippen LogP contribution < -0.4 is 10.6 Å². The third-order valence-electron chi connectivity index (χ3n) is 5.63. The highest BCUT2D eigenvalue weighted by molar-refractivity contribution is 5.92. The van der Waals surface area contributed by atoms with E-state index in [1.807, 2.05) is 19.3 Å². The number of aryl methyl sites for hydroxylation is 1. The lowest BCUT2D eigenvalue weighted by molar-refractivity contribution is -0.117. The number of hydrogen-bond acceptors (Lipinski definition) is 6. The summed E-state index contributed by atoms with van der Waals surface area (Å²) < 4.78 is 6.85. The first-order chi connectivity index (χ1) is 15.1. The van der Waals surface area contributed by atoms with Gasteiger partial charge in [-0.05, 0) is 30.8 Å². The molecule has 3 heterocycles. The third kappa shape index (κ3) is 5.39. The molecule has 1 aliphatic heterocycles. The van der Waals surface area contributed by atoms with Crippen LogP contribution in [0.5, 0.6) is 0 Å². The number of piperidine rings is 1. The van der Waals surface area contributed by atoms with Crippen LogP contribution in [0.3, 0.4) is 0 Å². The number of hydrogen-bond donors (Lipinski definition) is 2. The molecule has 1 saturated heterocycles. The number of aromatic nitrogens is 3. The minimum Gasteiger partial charge on any atom is -0.383 e. The summed E-state index contributed by atoms with van der Waals surface area (Å²) in [5.41, 5.74) is 1.08. The number of anilines is 2. The van der Waals surface area contributed by atoms with E-state index in [4.69, 9.17) is 9.72 Å². The lowest BCUT2D eigenvalue weighted by atomic mass is 9.93. The van der Waals surface area contributed by atoms with Gasteiger partial charge in [-0.15, -0.1) is 0 Å². The van der Waals surface area contributed by atoms with Crippen LogP contribution in [0.15, 0.2) is 42.6 Å². The van der Waals surface area contributed by atoms with E-state index in [1.165, 1.54) is 5.39 Å². The minimum atomic E-state index is -0.0345. The Labute approximate surface area is 182 Å². The summed E-state index contributed by atoms with van der Waals surface area (Å²) >= 11 is 0. The van der Waals surface area contributed by atoms with Gasteiger partial charge in [0.05, 0.1) is 13.2 Å². The highest BCUT2D eigenvalue weighted by atomic mass is 16.5. The van der Waals surface area contributed by atoms with E-state index < -0.39 is 0 Å². The van der Waals surface area contributed by atoms with Gasteiger partial charge in [-0.25, -0.2) is 4.98 Å². The molecular formula is C23H30N6O2. The fourth-order valence-electron chi connectivity index (χ4n) is 4.14. The number of benzene rings is 1. The number of ether oxygens (including phenoxy) is 1. The maximum Gasteiger partial charge on any atom is 0.239 e. The van der Waals surface area contributed by atoms with E-state index in [-0.39, 0.29) is 5.91 Å². The molecule has 0 spiro atoms. The Morgan fingerprint density at radius 1 is 1.29 bits per heavy atom. The van der Waals surface area contributed by atoms with Crippen LogP contribution in [0.4, 0.5) is 11.6 Å². The monoisotopic (exact) mass is 422 g/mol. The zero-order valence-electron chi connectivity index (χ0n) is 18.2. The number of methoxy groups -OCH3 is 1. The van der Waals surface area contributed by atoms with Crippen LogP contribution in [0.1, 0.15) is 24.5 Å². The Balaban J connectivity index is 1.46. The summed E-state index contributed by atoms with van der Waals surface area (Å²) in [7, 11) is 3.53. The summed E-state index contributed by atoms with van der Waals surface area (Å²) in [6.07, 6.45) is 3.93. The summed E-state index contributed by atoms with van der Waals surface area (Å²) in [6, 6.07) is 12.3. The van der Waals surface area contributed by atoms with Gasteiger partial charge < -0.3 is 15.4 Å². The van der Waals surface area contributed by atoms with Crippen LogP contribution in [0, 0.1) is 0 Å². The van der Waals surface area contributed by atoms with Gasteiger partial charge >= 0.3 is 0 Å². The maximum atomic E-state index is 12.5. The Morgan fingerprint density at radius 2 is 2.16 bits per heavy atom. The Hall–Kier alpha value is -2.97. The van der Waals surface area contributed by atoms with Gasteiger partial charge in [0.25, 0.3) is 0 Å². The van der Waals surface area contributed by atoms with Crippen LogP contribution >= 0.6 is 0 Å². The first-order valence-corrected chi connectivity index (χ1v) is 10.8. The number of nitrogens with zero attached hydrogens (tertiary/aromatic N) is 4. The Bertz CT molecular complexity index is 1030. The van der Waals surface area contributed by atoms with Gasteiger partial charge in [0.15, 0.2) is 5.82 Å². The molecule has 1 amide bonds. The Kier molecular flexibility index (Phi) is 6.79. The second kappa shape index (κ2) is 9.89. The van der Waals surface area contributed by atoms with Crippen molar-refractivity contribution in [2.75, 3.05) is 50.5 Å². The van der Waals surface area contributed by atoms with Crippen molar-refractivity contribution in [3.63, 3.8) is 0 Å². The summed E-state index contributed by atoms with van der Waals surface area (Å²) in [6.45, 7) is 3.43. The molecule has 2 aromatic heterocycles. The topological polar surface area (TPSA) is 84.3 Å². The fourth-order valence-corrected chi connectivity index (χ4v) is 4.14. The molecule has 8 heteroatoms. The number of fused-ring (bicyclic) bond motifs is 1. The van der Waals surface area contributed by atoms with E-state index in [0.717, 1.165) is 42.8 Å². The third-order valence-corrected chi connectivity index (χ3v) is 5.63. The number of pyridine rings is 1. The first-order valence-electron chi connectivity index (χ1n) is 10.8. The molecule has 0 aliphatic carbocycles. The molecule has 0 radical (unpaired) electrons. The van der Waals surface area contributed by atoms with Crippen LogP contribution in [-0.4, -0.2) is 65.5 Å². The van der Waals surface area contributed by atoms with Crippen molar-refractivity contribution in [2.24, 2.45) is 7.05 Å². The maximum absolute atomic E-state index is 12.5. The van der Waals surface area contributed by atoms with E-state index in [1.54, 1.807) is 17.9 Å². The van der Waals surface area contributed by atoms with Gasteiger partial charge in [-0.2, -0.15) is 5.10 Å². The van der Waals surface area contributed by atoms with Crippen molar-refractivity contribution >= 4 is 28.3 Å². The highest BCUT2D eigenvalue weighted by Crippen LogP contribution is 2.30.